The smallest absolute Gasteiger partial charge is 0.128 e. The number of nitrogens with zero attached hydrogens (tertiary/aromatic N) is 1. The first-order valence-electron chi connectivity index (χ1n) is 7.81. The molecule has 0 amide bonds. The molecule has 0 aromatic heterocycles. The standard InChI is InChI=1S/C17H27NO3/c1-4-11-18-12-6-9-17(19,10-13-18)16-14(20-2)7-5-8-15(16)21-3/h5,7-8,19H,4,6,9-13H2,1-3H3. The highest BCUT2D eigenvalue weighted by atomic mass is 16.5. The van der Waals surface area contributed by atoms with Crippen LogP contribution in [0.25, 0.3) is 0 Å². The second kappa shape index (κ2) is 7.14. The van der Waals surface area contributed by atoms with Crippen LogP contribution in [0.2, 0.25) is 0 Å². The summed E-state index contributed by atoms with van der Waals surface area (Å²) in [5, 5.41) is 11.2. The third-order valence-corrected chi connectivity index (χ3v) is 4.34. The van der Waals surface area contributed by atoms with Crippen LogP contribution in [0.3, 0.4) is 0 Å². The summed E-state index contributed by atoms with van der Waals surface area (Å²) in [6.07, 6.45) is 3.59. The van der Waals surface area contributed by atoms with Crippen LogP contribution in [0.5, 0.6) is 11.5 Å². The van der Waals surface area contributed by atoms with Crippen LogP contribution in [0.4, 0.5) is 0 Å². The highest BCUT2D eigenvalue weighted by Crippen LogP contribution is 2.43. The summed E-state index contributed by atoms with van der Waals surface area (Å²) >= 11 is 0. The van der Waals surface area contributed by atoms with E-state index in [9.17, 15) is 5.11 Å². The molecule has 1 aliphatic rings. The number of rotatable bonds is 5. The van der Waals surface area contributed by atoms with Gasteiger partial charge in [0, 0.05) is 6.54 Å². The van der Waals surface area contributed by atoms with E-state index in [0.29, 0.717) is 17.9 Å². The first-order chi connectivity index (χ1) is 10.1. The maximum atomic E-state index is 11.2. The minimum Gasteiger partial charge on any atom is -0.496 e. The topological polar surface area (TPSA) is 41.9 Å². The number of likely N-dealkylation sites (tertiary alicyclic amines) is 1. The van der Waals surface area contributed by atoms with Gasteiger partial charge in [0.25, 0.3) is 0 Å². The summed E-state index contributed by atoms with van der Waals surface area (Å²) < 4.78 is 10.9. The van der Waals surface area contributed by atoms with E-state index in [0.717, 1.165) is 44.5 Å². The zero-order valence-corrected chi connectivity index (χ0v) is 13.4. The Kier molecular flexibility index (Phi) is 5.48. The molecule has 0 spiro atoms. The number of hydrogen-bond donors (Lipinski definition) is 1. The van der Waals surface area contributed by atoms with Crippen LogP contribution >= 0.6 is 0 Å². The molecule has 0 bridgehead atoms. The van der Waals surface area contributed by atoms with Gasteiger partial charge in [-0.25, -0.2) is 0 Å². The number of ether oxygens (including phenoxy) is 2. The van der Waals surface area contributed by atoms with Gasteiger partial charge in [0.1, 0.15) is 11.5 Å². The lowest BCUT2D eigenvalue weighted by molar-refractivity contribution is 0.0167. The summed E-state index contributed by atoms with van der Waals surface area (Å²) in [5.74, 6) is 1.42. The Hall–Kier alpha value is -1.26. The molecular weight excluding hydrogens is 266 g/mol. The predicted octanol–water partition coefficient (Wildman–Crippen LogP) is 2.79. The van der Waals surface area contributed by atoms with Crippen LogP contribution in [0.1, 0.15) is 38.2 Å². The van der Waals surface area contributed by atoms with Gasteiger partial charge in [-0.2, -0.15) is 0 Å². The van der Waals surface area contributed by atoms with Gasteiger partial charge in [-0.1, -0.05) is 13.0 Å². The maximum Gasteiger partial charge on any atom is 0.128 e. The Labute approximate surface area is 127 Å². The molecule has 1 unspecified atom stereocenters. The van der Waals surface area contributed by atoms with Crippen LogP contribution in [0.15, 0.2) is 18.2 Å². The first-order valence-corrected chi connectivity index (χ1v) is 7.81. The first kappa shape index (κ1) is 16.1. The molecule has 1 N–H and O–H groups in total. The molecule has 1 saturated heterocycles. The van der Waals surface area contributed by atoms with Gasteiger partial charge in [0.2, 0.25) is 0 Å². The number of aliphatic hydroxyl groups is 1. The monoisotopic (exact) mass is 293 g/mol. The molecule has 1 fully saturated rings. The maximum absolute atomic E-state index is 11.2. The van der Waals surface area contributed by atoms with Gasteiger partial charge in [-0.3, -0.25) is 0 Å². The van der Waals surface area contributed by atoms with E-state index >= 15 is 0 Å². The van der Waals surface area contributed by atoms with Crippen molar-refractivity contribution in [3.8, 4) is 11.5 Å². The zero-order valence-electron chi connectivity index (χ0n) is 13.4. The third-order valence-electron chi connectivity index (χ3n) is 4.34. The molecule has 1 aliphatic heterocycles. The van der Waals surface area contributed by atoms with E-state index < -0.39 is 5.60 Å². The highest BCUT2D eigenvalue weighted by Gasteiger charge is 2.36. The molecular formula is C17H27NO3. The van der Waals surface area contributed by atoms with Crippen molar-refractivity contribution in [2.75, 3.05) is 33.9 Å². The number of benzene rings is 1. The molecule has 1 aromatic rings. The van der Waals surface area contributed by atoms with Crippen molar-refractivity contribution in [1.82, 2.24) is 4.90 Å². The molecule has 1 heterocycles. The molecule has 0 radical (unpaired) electrons. The fourth-order valence-corrected chi connectivity index (χ4v) is 3.27. The third kappa shape index (κ3) is 3.50. The SMILES string of the molecule is CCCN1CCCC(O)(c2c(OC)cccc2OC)CC1. The summed E-state index contributed by atoms with van der Waals surface area (Å²) in [6, 6.07) is 5.68. The average molecular weight is 293 g/mol. The molecule has 2 rings (SSSR count). The van der Waals surface area contributed by atoms with Crippen molar-refractivity contribution < 1.29 is 14.6 Å². The zero-order chi connectivity index (χ0) is 15.3. The van der Waals surface area contributed by atoms with Gasteiger partial charge < -0.3 is 19.5 Å². The summed E-state index contributed by atoms with van der Waals surface area (Å²) in [6.45, 7) is 5.25. The lowest BCUT2D eigenvalue weighted by Gasteiger charge is -2.30. The minimum atomic E-state index is -0.875. The van der Waals surface area contributed by atoms with Gasteiger partial charge in [-0.05, 0) is 50.9 Å². The second-order valence-electron chi connectivity index (χ2n) is 5.76. The molecule has 118 valence electrons. The Bertz CT molecular complexity index is 441. The fraction of sp³-hybridized carbons (Fsp3) is 0.647. The highest BCUT2D eigenvalue weighted by molar-refractivity contribution is 5.48. The number of methoxy groups -OCH3 is 2. The van der Waals surface area contributed by atoms with Gasteiger partial charge in [0.05, 0.1) is 25.4 Å². The van der Waals surface area contributed by atoms with E-state index in [-0.39, 0.29) is 0 Å². The van der Waals surface area contributed by atoms with Gasteiger partial charge in [-0.15, -0.1) is 0 Å². The van der Waals surface area contributed by atoms with E-state index in [1.807, 2.05) is 18.2 Å². The summed E-state index contributed by atoms with van der Waals surface area (Å²) in [5.41, 5.74) is -0.0752. The molecule has 0 saturated carbocycles. The van der Waals surface area contributed by atoms with Crippen LogP contribution < -0.4 is 9.47 Å². The Morgan fingerprint density at radius 3 is 2.38 bits per heavy atom. The van der Waals surface area contributed by atoms with Gasteiger partial charge in [0.15, 0.2) is 0 Å². The molecule has 4 nitrogen and oxygen atoms in total. The normalized spacial score (nSPS) is 23.6. The Morgan fingerprint density at radius 1 is 1.14 bits per heavy atom. The molecule has 0 aliphatic carbocycles. The lowest BCUT2D eigenvalue weighted by atomic mass is 9.85. The van der Waals surface area contributed by atoms with Crippen LogP contribution in [-0.4, -0.2) is 43.9 Å². The quantitative estimate of drug-likeness (QED) is 0.906. The van der Waals surface area contributed by atoms with Crippen LogP contribution in [0, 0.1) is 0 Å². The van der Waals surface area contributed by atoms with Gasteiger partial charge >= 0.3 is 0 Å². The lowest BCUT2D eigenvalue weighted by Crippen LogP contribution is -2.30. The summed E-state index contributed by atoms with van der Waals surface area (Å²) in [7, 11) is 3.28. The Balaban J connectivity index is 2.31. The van der Waals surface area contributed by atoms with Crippen molar-refractivity contribution in [2.45, 2.75) is 38.2 Å². The molecule has 1 atom stereocenters. The second-order valence-corrected chi connectivity index (χ2v) is 5.76. The minimum absolute atomic E-state index is 0.709. The fourth-order valence-electron chi connectivity index (χ4n) is 3.27. The van der Waals surface area contributed by atoms with Crippen molar-refractivity contribution in [1.29, 1.82) is 0 Å². The predicted molar refractivity (Wildman–Crippen MR) is 84.0 cm³/mol. The molecule has 1 aromatic carbocycles. The van der Waals surface area contributed by atoms with E-state index in [1.165, 1.54) is 0 Å². The molecule has 4 heteroatoms. The van der Waals surface area contributed by atoms with Crippen molar-refractivity contribution >= 4 is 0 Å². The van der Waals surface area contributed by atoms with Crippen LogP contribution in [-0.2, 0) is 5.60 Å². The van der Waals surface area contributed by atoms with Crippen molar-refractivity contribution in [2.24, 2.45) is 0 Å². The molecule has 21 heavy (non-hydrogen) atoms. The van der Waals surface area contributed by atoms with E-state index in [4.69, 9.17) is 9.47 Å². The van der Waals surface area contributed by atoms with Crippen molar-refractivity contribution in [3.63, 3.8) is 0 Å². The summed E-state index contributed by atoms with van der Waals surface area (Å²) in [4.78, 5) is 2.43. The van der Waals surface area contributed by atoms with E-state index in [1.54, 1.807) is 14.2 Å². The number of hydrogen-bond acceptors (Lipinski definition) is 4. The Morgan fingerprint density at radius 2 is 1.81 bits per heavy atom. The van der Waals surface area contributed by atoms with E-state index in [2.05, 4.69) is 11.8 Å². The average Bonchev–Trinajstić information content (AvgIpc) is 2.69. The largest absolute Gasteiger partial charge is 0.496 e. The van der Waals surface area contributed by atoms with Crippen molar-refractivity contribution in [3.05, 3.63) is 23.8 Å².